The number of sulfonamides is 1. The van der Waals surface area contributed by atoms with Crippen molar-refractivity contribution in [2.45, 2.75) is 185 Å². The minimum atomic E-state index is -4.60. The highest BCUT2D eigenvalue weighted by atomic mass is 32.2. The molecule has 34 heteroatoms. The SMILES string of the molecule is CNC(C)C(=O)NC(C(=O)N1CC2CC1C(=O)NC(Cc1ccc3ccccc3c1)C(=O)NC(C(=O)O)Cc1ccc(cc1)OCc1cn(nn1)C1CC(C(=O)NC(Cc3ccc4ccccc4c3)C(=O)NC(C(=O)NS(=O)(=O)c3ccncc3)Cc3ccc(cc3)OCc3cn2nn3)N(C(=O)C(NC(=O)C(C)NC)C(C)(C)C)C1)C(C)(C)C. The molecule has 9 heterocycles. The van der Waals surface area contributed by atoms with Crippen molar-refractivity contribution < 1.29 is 70.9 Å². The van der Waals surface area contributed by atoms with Gasteiger partial charge in [0, 0.05) is 64.0 Å². The Hall–Kier alpha value is -12.6. The Morgan fingerprint density at radius 3 is 1.34 bits per heavy atom. The molecule has 6 aliphatic rings. The van der Waals surface area contributed by atoms with Crippen molar-refractivity contribution in [2.24, 2.45) is 10.8 Å². The van der Waals surface area contributed by atoms with E-state index in [0.717, 1.165) is 21.5 Å². The third-order valence-electron chi connectivity index (χ3n) is 21.8. The summed E-state index contributed by atoms with van der Waals surface area (Å²) in [6.07, 6.45) is 4.62. The quantitative estimate of drug-likeness (QED) is 0.0651. The van der Waals surface area contributed by atoms with Gasteiger partial charge in [0.1, 0.15) is 84.4 Å². The van der Waals surface area contributed by atoms with Crippen molar-refractivity contribution in [3.05, 3.63) is 204 Å². The standard InChI is InChI=1S/C85H100N18O15S/c1-49(86-9)74(104)93-72(84(3,4)5)81(111)100-45-61-41-70(100)79(109)90-66(39-53-19-25-55-15-11-13-17-57(55)35-53)76(106)89-68(78(108)97-119(115,116)65-31-33-88-34-32-65)37-51-21-27-63(28-22-51)117-47-59-43-103(98-95-59)62-42-71(101(46-62)82(112)73(85(6,7)8)94-75(105)50(2)87-10)80(110)91-67(40-54-20-26-56-16-12-14-18-58(56)36-54)77(107)92-69(83(113)114)38-52-23-29-64(30-24-52)118-48-60-44-102(61)99-96-60/h11-36,43-44,49-50,61-62,66-73,86-87H,37-42,45-48H2,1-10H3,(H,89,106)(H,90,109)(H,91,110)(H,92,107)(H,93,104)(H,94,105)(H,97,108)(H,113,114). The molecular weight excluding hydrogens is 1550 g/mol. The predicted octanol–water partition coefficient (Wildman–Crippen LogP) is 4.10. The molecule has 9 aromatic rings. The normalized spacial score (nSPS) is 21.0. The van der Waals surface area contributed by atoms with Gasteiger partial charge in [0.15, 0.2) is 0 Å². The van der Waals surface area contributed by atoms with E-state index in [2.05, 4.69) is 72.9 Å². The summed E-state index contributed by atoms with van der Waals surface area (Å²) in [5, 5.41) is 54.8. The smallest absolute Gasteiger partial charge is 0.326 e. The number of aromatic nitrogens is 7. The van der Waals surface area contributed by atoms with Gasteiger partial charge in [-0.1, -0.05) is 161 Å². The molecule has 6 aliphatic heterocycles. The maximum atomic E-state index is 15.6. The zero-order chi connectivity index (χ0) is 85.2. The molecule has 0 aliphatic carbocycles. The van der Waals surface area contributed by atoms with Gasteiger partial charge in [-0.05, 0) is 119 Å². The number of benzene rings is 6. The van der Waals surface area contributed by atoms with E-state index in [1.165, 1.54) is 43.7 Å². The zero-order valence-electron chi connectivity index (χ0n) is 67.8. The van der Waals surface area contributed by atoms with Gasteiger partial charge in [0.05, 0.1) is 41.5 Å². The van der Waals surface area contributed by atoms with Gasteiger partial charge in [0.2, 0.25) is 47.3 Å². The minimum Gasteiger partial charge on any atom is -0.487 e. The van der Waals surface area contributed by atoms with Crippen LogP contribution in [0.2, 0.25) is 0 Å². The van der Waals surface area contributed by atoms with Crippen molar-refractivity contribution in [1.82, 2.24) is 92.0 Å². The molecular formula is C85H100N18O15S. The fourth-order valence-electron chi connectivity index (χ4n) is 14.7. The van der Waals surface area contributed by atoms with Crippen molar-refractivity contribution in [2.75, 3.05) is 27.2 Å². The first kappa shape index (κ1) is 85.8. The Balaban J connectivity index is 0.900. The lowest BCUT2D eigenvalue weighted by Crippen LogP contribution is -2.61. The van der Waals surface area contributed by atoms with Crippen LogP contribution in [0, 0.1) is 10.8 Å². The molecule has 12 bridgehead atoms. The molecule has 33 nitrogen and oxygen atoms in total. The molecule has 2 fully saturated rings. The van der Waals surface area contributed by atoms with Crippen LogP contribution < -0.4 is 56.7 Å². The number of ether oxygens (including phenoxy) is 2. The summed E-state index contributed by atoms with van der Waals surface area (Å²) >= 11 is 0. The number of hydrogen-bond donors (Lipinski definition) is 10. The molecule has 2 saturated heterocycles. The van der Waals surface area contributed by atoms with Gasteiger partial charge in [-0.3, -0.25) is 48.1 Å². The number of hydrogen-bond acceptors (Lipinski definition) is 21. The Bertz CT molecular complexity index is 5350. The zero-order valence-corrected chi connectivity index (χ0v) is 68.6. The molecule has 626 valence electrons. The largest absolute Gasteiger partial charge is 0.487 e. The molecule has 12 unspecified atom stereocenters. The van der Waals surface area contributed by atoms with Crippen LogP contribution in [0.3, 0.4) is 0 Å². The van der Waals surface area contributed by atoms with E-state index in [1.807, 2.05) is 72.8 Å². The first-order chi connectivity index (χ1) is 56.7. The van der Waals surface area contributed by atoms with Crippen molar-refractivity contribution in [3.8, 4) is 11.5 Å². The van der Waals surface area contributed by atoms with Crippen molar-refractivity contribution in [3.63, 3.8) is 0 Å². The lowest BCUT2D eigenvalue weighted by molar-refractivity contribution is -0.145. The average Bonchev–Trinajstić information content (AvgIpc) is 1.64. The van der Waals surface area contributed by atoms with Crippen molar-refractivity contribution in [1.29, 1.82) is 0 Å². The Kier molecular flexibility index (Phi) is 26.6. The van der Waals surface area contributed by atoms with E-state index in [0.29, 0.717) is 39.4 Å². The summed E-state index contributed by atoms with van der Waals surface area (Å²) < 4.78 is 45.5. The maximum Gasteiger partial charge on any atom is 0.326 e. The molecule has 12 atom stereocenters. The lowest BCUT2D eigenvalue weighted by atomic mass is 9.85. The van der Waals surface area contributed by atoms with Crippen LogP contribution in [-0.2, 0) is 96.9 Å². The van der Waals surface area contributed by atoms with Gasteiger partial charge in [-0.25, -0.2) is 27.3 Å². The summed E-state index contributed by atoms with van der Waals surface area (Å²) in [4.78, 5) is 154. The summed E-state index contributed by atoms with van der Waals surface area (Å²) in [7, 11) is -1.40. The number of carboxylic acids is 1. The fraction of sp³-hybridized carbons (Fsp3) is 0.400. The van der Waals surface area contributed by atoms with Crippen LogP contribution in [-0.4, -0.2) is 205 Å². The molecule has 6 aromatic carbocycles. The van der Waals surface area contributed by atoms with Gasteiger partial charge < -0.3 is 66.9 Å². The number of aliphatic carboxylic acids is 1. The number of likely N-dealkylation sites (N-methyl/N-ethyl adjacent to an activating group) is 2. The number of nitrogens with one attached hydrogen (secondary N) is 9. The van der Waals surface area contributed by atoms with Gasteiger partial charge in [0.25, 0.3) is 15.9 Å². The number of nitrogens with zero attached hydrogens (tertiary/aromatic N) is 9. The van der Waals surface area contributed by atoms with Crippen LogP contribution >= 0.6 is 0 Å². The molecule has 15 rings (SSSR count). The number of carboxylic acid groups (broad SMARTS) is 1. The Morgan fingerprint density at radius 1 is 0.529 bits per heavy atom. The third kappa shape index (κ3) is 21.2. The minimum absolute atomic E-state index is 0.0719. The summed E-state index contributed by atoms with van der Waals surface area (Å²) in [5.41, 5.74) is 0.842. The number of carbonyl (C=O) groups is 10. The van der Waals surface area contributed by atoms with Gasteiger partial charge >= 0.3 is 5.97 Å². The second-order valence-electron chi connectivity index (χ2n) is 32.6. The average molecular weight is 1650 g/mol. The Labute approximate surface area is 688 Å². The van der Waals surface area contributed by atoms with Crippen LogP contribution in [0.1, 0.15) is 114 Å². The molecule has 0 radical (unpaired) electrons. The number of rotatable bonds is 16. The van der Waals surface area contributed by atoms with E-state index >= 15 is 24.0 Å². The molecule has 9 amide bonds. The van der Waals surface area contributed by atoms with Crippen molar-refractivity contribution >= 4 is 90.7 Å². The first-order valence-electron chi connectivity index (χ1n) is 39.4. The van der Waals surface area contributed by atoms with Crippen LogP contribution in [0.15, 0.2) is 175 Å². The van der Waals surface area contributed by atoms with E-state index in [1.54, 1.807) is 143 Å². The third-order valence-corrected chi connectivity index (χ3v) is 23.1. The summed E-state index contributed by atoms with van der Waals surface area (Å²) in [5.74, 6) is -7.40. The van der Waals surface area contributed by atoms with E-state index < -0.39 is 152 Å². The predicted molar refractivity (Wildman–Crippen MR) is 437 cm³/mol. The topological polar surface area (TPSA) is 433 Å². The number of fused-ring (bicyclic) bond motifs is 2. The first-order valence-corrected chi connectivity index (χ1v) is 40.8. The monoisotopic (exact) mass is 1640 g/mol. The Morgan fingerprint density at radius 2 is 0.933 bits per heavy atom. The number of pyridine rings is 1. The van der Waals surface area contributed by atoms with Gasteiger partial charge in [-0.2, -0.15) is 0 Å². The second kappa shape index (κ2) is 36.9. The van der Waals surface area contributed by atoms with E-state index in [9.17, 15) is 37.5 Å². The highest BCUT2D eigenvalue weighted by Gasteiger charge is 2.49. The number of amides is 9. The van der Waals surface area contributed by atoms with Crippen LogP contribution in [0.25, 0.3) is 21.5 Å². The number of carbonyl (C=O) groups excluding carboxylic acids is 9. The summed E-state index contributed by atoms with van der Waals surface area (Å²) in [6, 6.07) is 27.2. The highest BCUT2D eigenvalue weighted by molar-refractivity contribution is 7.90. The highest BCUT2D eigenvalue weighted by Crippen LogP contribution is 2.35. The second-order valence-corrected chi connectivity index (χ2v) is 34.3. The molecule has 3 aromatic heterocycles. The van der Waals surface area contributed by atoms with Crippen LogP contribution in [0.4, 0.5) is 0 Å². The van der Waals surface area contributed by atoms with Crippen LogP contribution in [0.5, 0.6) is 11.5 Å². The maximum absolute atomic E-state index is 15.6. The fourth-order valence-corrected chi connectivity index (χ4v) is 15.7. The molecule has 10 N–H and O–H groups in total. The lowest BCUT2D eigenvalue weighted by Gasteiger charge is -2.36. The molecule has 0 spiro atoms. The molecule has 119 heavy (non-hydrogen) atoms. The van der Waals surface area contributed by atoms with Gasteiger partial charge in [-0.15, -0.1) is 10.2 Å². The number of likely N-dealkylation sites (tertiary alicyclic amines) is 2. The molecule has 0 saturated carbocycles. The van der Waals surface area contributed by atoms with E-state index in [-0.39, 0.29) is 75.5 Å². The van der Waals surface area contributed by atoms with E-state index in [4.69, 9.17) is 9.47 Å². The summed E-state index contributed by atoms with van der Waals surface area (Å²) in [6.45, 7) is 13.3.